The van der Waals surface area contributed by atoms with E-state index in [1.165, 1.54) is 6.92 Å². The van der Waals surface area contributed by atoms with Crippen LogP contribution < -0.4 is 0 Å². The van der Waals surface area contributed by atoms with Gasteiger partial charge in [-0.05, 0) is 6.55 Å². The van der Waals surface area contributed by atoms with Crippen LogP contribution in [0.1, 0.15) is 6.92 Å². The van der Waals surface area contributed by atoms with E-state index in [9.17, 15) is 4.79 Å². The van der Waals surface area contributed by atoms with Gasteiger partial charge in [-0.15, -0.1) is 0 Å². The van der Waals surface area contributed by atoms with Gasteiger partial charge in [0.1, 0.15) is 0 Å². The molecule has 0 aromatic heterocycles. The monoisotopic (exact) mass is 188 g/mol. The third kappa shape index (κ3) is 5.97. The molecular weight excluding hydrogens is 175 g/mol. The molecule has 0 fully saturated rings. The number of hydrogen-bond donors (Lipinski definition) is 0. The van der Waals surface area contributed by atoms with Crippen LogP contribution in [-0.2, 0) is 13.6 Å². The average molecular weight is 188 g/mol. The first-order valence-electron chi connectivity index (χ1n) is 2.84. The van der Waals surface area contributed by atoms with Gasteiger partial charge in [0, 0.05) is 21.1 Å². The molecule has 0 heterocycles. The normalized spacial score (nSPS) is 10.5. The maximum atomic E-state index is 10.6. The van der Waals surface area contributed by atoms with E-state index in [0.717, 1.165) is 11.2 Å². The van der Waals surface area contributed by atoms with E-state index >= 15 is 0 Å². The Morgan fingerprint density at radius 2 is 1.73 bits per heavy atom. The second-order valence-electron chi connectivity index (χ2n) is 1.86. The summed E-state index contributed by atoms with van der Waals surface area (Å²) in [6.07, 6.45) is 0. The molecule has 0 aromatic rings. The summed E-state index contributed by atoms with van der Waals surface area (Å²) in [6.45, 7) is 3.34. The predicted octanol–water partition coefficient (Wildman–Crippen LogP) is 0.479. The molecule has 0 N–H and O–H groups in total. The molecule has 0 aromatic carbocycles. The minimum atomic E-state index is -2.19. The number of rotatable bonds is 3. The molecule has 6 heteroatoms. The summed E-state index contributed by atoms with van der Waals surface area (Å²) >= 11 is 1.16. The van der Waals surface area contributed by atoms with E-state index in [-0.39, 0.29) is 24.0 Å². The molecule has 0 aliphatic rings. The van der Waals surface area contributed by atoms with E-state index in [0.29, 0.717) is 0 Å². The molecule has 0 radical (unpaired) electrons. The fourth-order valence-corrected chi connectivity index (χ4v) is 3.35. The van der Waals surface area contributed by atoms with E-state index in [1.54, 1.807) is 14.2 Å². The van der Waals surface area contributed by atoms with Crippen LogP contribution in [0.5, 0.6) is 0 Å². The summed E-state index contributed by atoms with van der Waals surface area (Å²) in [7, 11) is 0.929. The summed E-state index contributed by atoms with van der Waals surface area (Å²) in [4.78, 5) is 10.6. The van der Waals surface area contributed by atoms with Crippen molar-refractivity contribution in [3.05, 3.63) is 0 Å². The van der Waals surface area contributed by atoms with Crippen LogP contribution in [0.25, 0.3) is 0 Å². The van der Waals surface area contributed by atoms with E-state index < -0.39 is 7.71 Å². The van der Waals surface area contributed by atoms with Crippen molar-refractivity contribution in [3.8, 4) is 0 Å². The molecule has 0 rings (SSSR count). The Morgan fingerprint density at radius 1 is 1.36 bits per heavy atom. The Balaban J connectivity index is 0. The van der Waals surface area contributed by atoms with E-state index in [2.05, 4.69) is 0 Å². The summed E-state index contributed by atoms with van der Waals surface area (Å²) in [5.74, 6) is 0. The van der Waals surface area contributed by atoms with Crippen LogP contribution in [0.3, 0.4) is 0 Å². The molecule has 0 amide bonds. The van der Waals surface area contributed by atoms with E-state index in [1.807, 2.05) is 6.55 Å². The van der Waals surface area contributed by atoms with Crippen LogP contribution in [-0.4, -0.2) is 45.9 Å². The molecule has 0 saturated heterocycles. The first kappa shape index (κ1) is 14.3. The van der Waals surface area contributed by atoms with Gasteiger partial charge >= 0.3 is 26.6 Å². The molecule has 0 bridgehead atoms. The van der Waals surface area contributed by atoms with Gasteiger partial charge in [-0.25, -0.2) is 0 Å². The second-order valence-corrected chi connectivity index (χ2v) is 8.02. The molecule has 62 valence electrons. The molecule has 0 spiro atoms. The molecular formula is C5H13LiO3SSi. The van der Waals surface area contributed by atoms with Crippen molar-refractivity contribution in [2.75, 3.05) is 14.2 Å². The van der Waals surface area contributed by atoms with Crippen LogP contribution in [0.4, 0.5) is 0 Å². The fourth-order valence-electron chi connectivity index (χ4n) is 0.428. The van der Waals surface area contributed by atoms with Gasteiger partial charge in [-0.3, -0.25) is 4.79 Å². The fraction of sp³-hybridized carbons (Fsp3) is 0.800. The summed E-state index contributed by atoms with van der Waals surface area (Å²) in [5.41, 5.74) is 0. The third-order valence-electron chi connectivity index (χ3n) is 1.07. The molecule has 0 aliphatic carbocycles. The molecule has 0 unspecified atom stereocenters. The number of carbonyl (C=O) groups is 1. The van der Waals surface area contributed by atoms with Crippen LogP contribution in [0, 0.1) is 0 Å². The summed E-state index contributed by atoms with van der Waals surface area (Å²) < 4.78 is 10.1. The Labute approximate surface area is 84.3 Å². The second kappa shape index (κ2) is 6.29. The Bertz CT molecular complexity index is 129. The Kier molecular flexibility index (Phi) is 8.17. The Hall–Kier alpha value is 0.754. The standard InChI is InChI=1S/C5H12O3SSi.Li.H/c1-5(6)9-10(4,7-2)8-3;;/h1-4H3;;. The van der Waals surface area contributed by atoms with Crippen molar-refractivity contribution < 1.29 is 13.6 Å². The molecule has 3 nitrogen and oxygen atoms in total. The molecule has 11 heavy (non-hydrogen) atoms. The SMILES string of the molecule is CO[Si](C)(OC)SC(C)=O.[LiH]. The van der Waals surface area contributed by atoms with Gasteiger partial charge in [0.2, 0.25) is 0 Å². The van der Waals surface area contributed by atoms with Crippen molar-refractivity contribution in [2.45, 2.75) is 13.5 Å². The summed E-state index contributed by atoms with van der Waals surface area (Å²) in [5, 5.41) is 0.0397. The molecule has 0 saturated carbocycles. The topological polar surface area (TPSA) is 35.5 Å². The van der Waals surface area contributed by atoms with Crippen molar-refractivity contribution in [1.82, 2.24) is 0 Å². The third-order valence-corrected chi connectivity index (χ3v) is 6.19. The van der Waals surface area contributed by atoms with Crippen LogP contribution >= 0.6 is 11.2 Å². The zero-order valence-electron chi connectivity index (χ0n) is 6.63. The maximum absolute atomic E-state index is 10.6. The van der Waals surface area contributed by atoms with Gasteiger partial charge in [-0.1, -0.05) is 11.2 Å². The molecule has 0 aliphatic heterocycles. The van der Waals surface area contributed by atoms with Gasteiger partial charge in [-0.2, -0.15) is 0 Å². The zero-order valence-corrected chi connectivity index (χ0v) is 8.45. The van der Waals surface area contributed by atoms with Crippen molar-refractivity contribution in [2.24, 2.45) is 0 Å². The van der Waals surface area contributed by atoms with Gasteiger partial charge in [0.05, 0.1) is 0 Å². The quantitative estimate of drug-likeness (QED) is 0.603. The first-order chi connectivity index (χ1) is 4.54. The summed E-state index contributed by atoms with van der Waals surface area (Å²) in [6, 6.07) is 0. The molecule has 0 atom stereocenters. The van der Waals surface area contributed by atoms with Crippen molar-refractivity contribution in [3.63, 3.8) is 0 Å². The van der Waals surface area contributed by atoms with Crippen molar-refractivity contribution >= 4 is 42.9 Å². The van der Waals surface area contributed by atoms with Gasteiger partial charge in [0.15, 0.2) is 5.12 Å². The van der Waals surface area contributed by atoms with Gasteiger partial charge in [0.25, 0.3) is 0 Å². The van der Waals surface area contributed by atoms with E-state index in [4.69, 9.17) is 8.85 Å². The van der Waals surface area contributed by atoms with Crippen LogP contribution in [0.2, 0.25) is 6.55 Å². The van der Waals surface area contributed by atoms with Crippen LogP contribution in [0.15, 0.2) is 0 Å². The predicted molar refractivity (Wildman–Crippen MR) is 51.1 cm³/mol. The number of carbonyl (C=O) groups excluding carboxylic acids is 1. The first-order valence-corrected chi connectivity index (χ1v) is 6.69. The van der Waals surface area contributed by atoms with Crippen molar-refractivity contribution in [1.29, 1.82) is 0 Å². The zero-order chi connectivity index (χ0) is 8.20. The number of hydrogen-bond acceptors (Lipinski definition) is 4. The Morgan fingerprint density at radius 3 is 1.82 bits per heavy atom. The van der Waals surface area contributed by atoms with Gasteiger partial charge < -0.3 is 8.85 Å². The average Bonchev–Trinajstić information content (AvgIpc) is 1.87. The minimum absolute atomic E-state index is 0.